The lowest BCUT2D eigenvalue weighted by atomic mass is 10.1. The predicted molar refractivity (Wildman–Crippen MR) is 73.3 cm³/mol. The van der Waals surface area contributed by atoms with E-state index in [0.29, 0.717) is 17.9 Å². The summed E-state index contributed by atoms with van der Waals surface area (Å²) >= 11 is 0. The zero-order valence-corrected chi connectivity index (χ0v) is 10.8. The summed E-state index contributed by atoms with van der Waals surface area (Å²) in [6, 6.07) is 5.18. The smallest absolute Gasteiger partial charge is 0.136 e. The van der Waals surface area contributed by atoms with E-state index in [1.807, 2.05) is 6.07 Å². The first kappa shape index (κ1) is 12.4. The van der Waals surface area contributed by atoms with Crippen molar-refractivity contribution >= 4 is 11.5 Å². The van der Waals surface area contributed by atoms with E-state index >= 15 is 0 Å². The van der Waals surface area contributed by atoms with Gasteiger partial charge in [-0.25, -0.2) is 4.39 Å². The number of aliphatic hydroxyl groups excluding tert-OH is 1. The van der Waals surface area contributed by atoms with Crippen LogP contribution in [0.2, 0.25) is 0 Å². The van der Waals surface area contributed by atoms with Gasteiger partial charge in [-0.2, -0.15) is 0 Å². The maximum atomic E-state index is 14.2. The maximum absolute atomic E-state index is 14.2. The van der Waals surface area contributed by atoms with Crippen molar-refractivity contribution in [2.24, 2.45) is 4.99 Å². The van der Waals surface area contributed by atoms with Crippen LogP contribution in [-0.4, -0.2) is 43.2 Å². The minimum atomic E-state index is -0.255. The number of aliphatic hydroxyl groups is 1. The number of hydrogen-bond acceptors (Lipinski definition) is 4. The third-order valence-electron chi connectivity index (χ3n) is 3.80. The molecule has 1 saturated heterocycles. The van der Waals surface area contributed by atoms with Crippen molar-refractivity contribution in [3.05, 3.63) is 29.6 Å². The quantitative estimate of drug-likeness (QED) is 0.859. The lowest BCUT2D eigenvalue weighted by Crippen LogP contribution is -2.34. The fraction of sp³-hybridized carbons (Fsp3) is 0.500. The van der Waals surface area contributed by atoms with Crippen LogP contribution in [0.15, 0.2) is 23.2 Å². The number of aliphatic imine (C=N–C) groups is 1. The van der Waals surface area contributed by atoms with Gasteiger partial charge in [-0.05, 0) is 25.0 Å². The van der Waals surface area contributed by atoms with Crippen molar-refractivity contribution in [3.63, 3.8) is 0 Å². The van der Waals surface area contributed by atoms with E-state index in [-0.39, 0.29) is 18.5 Å². The lowest BCUT2D eigenvalue weighted by molar-refractivity contribution is 0.266. The average Bonchev–Trinajstić information content (AvgIpc) is 3.09. The first-order chi connectivity index (χ1) is 9.31. The Bertz CT molecular complexity index is 503. The summed E-state index contributed by atoms with van der Waals surface area (Å²) in [6.45, 7) is 2.41. The molecular formula is C14H18FN3O. The Morgan fingerprint density at radius 2 is 2.37 bits per heavy atom. The summed E-state index contributed by atoms with van der Waals surface area (Å²) in [6.07, 6.45) is 1.98. The highest BCUT2D eigenvalue weighted by atomic mass is 19.1. The Morgan fingerprint density at radius 3 is 3.11 bits per heavy atom. The third kappa shape index (κ3) is 2.18. The van der Waals surface area contributed by atoms with E-state index in [2.05, 4.69) is 15.2 Å². The molecule has 1 atom stereocenters. The second-order valence-corrected chi connectivity index (χ2v) is 4.96. The summed E-state index contributed by atoms with van der Waals surface area (Å²) in [5.74, 6) is 0.380. The van der Waals surface area contributed by atoms with Gasteiger partial charge in [0.15, 0.2) is 0 Å². The van der Waals surface area contributed by atoms with E-state index in [4.69, 9.17) is 0 Å². The molecule has 0 amide bonds. The standard InChI is InChI=1S/C14H18FN3O/c15-11-4-1-5-12(13(11)14-16-6-7-17-14)18-8-2-3-10(18)9-19/h1,4-5,10,19H,2-3,6-9H2,(H,16,17). The monoisotopic (exact) mass is 263 g/mol. The van der Waals surface area contributed by atoms with Gasteiger partial charge in [-0.1, -0.05) is 6.07 Å². The number of rotatable bonds is 3. The number of benzene rings is 1. The molecule has 0 saturated carbocycles. The van der Waals surface area contributed by atoms with Crippen molar-refractivity contribution < 1.29 is 9.50 Å². The van der Waals surface area contributed by atoms with Crippen molar-refractivity contribution in [3.8, 4) is 0 Å². The molecule has 2 heterocycles. The largest absolute Gasteiger partial charge is 0.394 e. The molecular weight excluding hydrogens is 245 g/mol. The van der Waals surface area contributed by atoms with Crippen LogP contribution >= 0.6 is 0 Å². The molecule has 0 aliphatic carbocycles. The Labute approximate surface area is 112 Å². The Hall–Kier alpha value is -1.62. The van der Waals surface area contributed by atoms with Crippen LogP contribution in [-0.2, 0) is 0 Å². The van der Waals surface area contributed by atoms with Crippen molar-refractivity contribution in [2.45, 2.75) is 18.9 Å². The van der Waals surface area contributed by atoms with Crippen LogP contribution in [0.5, 0.6) is 0 Å². The number of amidine groups is 1. The van der Waals surface area contributed by atoms with E-state index in [1.54, 1.807) is 6.07 Å². The first-order valence-corrected chi connectivity index (χ1v) is 6.76. The van der Waals surface area contributed by atoms with E-state index < -0.39 is 0 Å². The molecule has 1 aromatic rings. The molecule has 4 nitrogen and oxygen atoms in total. The van der Waals surface area contributed by atoms with Crippen LogP contribution < -0.4 is 10.2 Å². The zero-order valence-electron chi connectivity index (χ0n) is 10.8. The molecule has 2 N–H and O–H groups in total. The van der Waals surface area contributed by atoms with Gasteiger partial charge in [-0.3, -0.25) is 4.99 Å². The molecule has 1 aromatic carbocycles. The molecule has 2 aliphatic rings. The SMILES string of the molecule is OCC1CCCN1c1cccc(F)c1C1=NCCN1. The molecule has 19 heavy (non-hydrogen) atoms. The summed E-state index contributed by atoms with van der Waals surface area (Å²) in [5, 5.41) is 12.6. The van der Waals surface area contributed by atoms with Crippen molar-refractivity contribution in [2.75, 3.05) is 31.1 Å². The summed E-state index contributed by atoms with van der Waals surface area (Å²) < 4.78 is 14.2. The number of nitrogens with zero attached hydrogens (tertiary/aromatic N) is 2. The fourth-order valence-corrected chi connectivity index (χ4v) is 2.89. The van der Waals surface area contributed by atoms with Crippen molar-refractivity contribution in [1.82, 2.24) is 5.32 Å². The van der Waals surface area contributed by atoms with Crippen LogP contribution in [0, 0.1) is 5.82 Å². The molecule has 0 bridgehead atoms. The summed E-state index contributed by atoms with van der Waals surface area (Å²) in [5.41, 5.74) is 1.38. The van der Waals surface area contributed by atoms with Gasteiger partial charge in [0.1, 0.15) is 11.7 Å². The molecule has 3 rings (SSSR count). The molecule has 0 radical (unpaired) electrons. The highest BCUT2D eigenvalue weighted by molar-refractivity contribution is 6.04. The molecule has 2 aliphatic heterocycles. The molecule has 102 valence electrons. The van der Waals surface area contributed by atoms with Gasteiger partial charge in [-0.15, -0.1) is 0 Å². The van der Waals surface area contributed by atoms with Crippen LogP contribution in [0.25, 0.3) is 0 Å². The average molecular weight is 263 g/mol. The van der Waals surface area contributed by atoms with Gasteiger partial charge < -0.3 is 15.3 Å². The number of nitrogens with one attached hydrogen (secondary N) is 1. The Balaban J connectivity index is 2.03. The van der Waals surface area contributed by atoms with E-state index in [9.17, 15) is 9.50 Å². The van der Waals surface area contributed by atoms with Crippen molar-refractivity contribution in [1.29, 1.82) is 0 Å². The van der Waals surface area contributed by atoms with E-state index in [1.165, 1.54) is 6.07 Å². The first-order valence-electron chi connectivity index (χ1n) is 6.76. The number of anilines is 1. The molecule has 1 unspecified atom stereocenters. The Morgan fingerprint density at radius 1 is 1.47 bits per heavy atom. The molecule has 5 heteroatoms. The minimum Gasteiger partial charge on any atom is -0.394 e. The third-order valence-corrected chi connectivity index (χ3v) is 3.80. The fourth-order valence-electron chi connectivity index (χ4n) is 2.89. The topological polar surface area (TPSA) is 47.9 Å². The molecule has 0 aromatic heterocycles. The van der Waals surface area contributed by atoms with Crippen LogP contribution in [0.3, 0.4) is 0 Å². The van der Waals surface area contributed by atoms with Gasteiger partial charge in [0.25, 0.3) is 0 Å². The molecule has 0 spiro atoms. The summed E-state index contributed by atoms with van der Waals surface area (Å²) in [4.78, 5) is 6.42. The van der Waals surface area contributed by atoms with Gasteiger partial charge >= 0.3 is 0 Å². The second-order valence-electron chi connectivity index (χ2n) is 4.96. The number of hydrogen-bond donors (Lipinski definition) is 2. The molecule has 1 fully saturated rings. The maximum Gasteiger partial charge on any atom is 0.136 e. The van der Waals surface area contributed by atoms with E-state index in [0.717, 1.165) is 31.6 Å². The van der Waals surface area contributed by atoms with Crippen LogP contribution in [0.4, 0.5) is 10.1 Å². The highest BCUT2D eigenvalue weighted by Crippen LogP contribution is 2.30. The lowest BCUT2D eigenvalue weighted by Gasteiger charge is -2.27. The normalized spacial score (nSPS) is 22.5. The highest BCUT2D eigenvalue weighted by Gasteiger charge is 2.28. The Kier molecular flexibility index (Phi) is 3.38. The second kappa shape index (κ2) is 5.17. The van der Waals surface area contributed by atoms with Gasteiger partial charge in [0.2, 0.25) is 0 Å². The van der Waals surface area contributed by atoms with Crippen LogP contribution in [0.1, 0.15) is 18.4 Å². The number of halogens is 1. The van der Waals surface area contributed by atoms with Gasteiger partial charge in [0, 0.05) is 13.1 Å². The summed E-state index contributed by atoms with van der Waals surface area (Å²) in [7, 11) is 0. The van der Waals surface area contributed by atoms with Gasteiger partial charge in [0.05, 0.1) is 30.4 Å². The predicted octanol–water partition coefficient (Wildman–Crippen LogP) is 1.14. The zero-order chi connectivity index (χ0) is 13.2. The minimum absolute atomic E-state index is 0.0857.